The van der Waals surface area contributed by atoms with E-state index >= 15 is 0 Å². The summed E-state index contributed by atoms with van der Waals surface area (Å²) in [6, 6.07) is -0.577. The average molecular weight is 192 g/mol. The number of rotatable bonds is 4. The van der Waals surface area contributed by atoms with Crippen molar-refractivity contribution in [1.29, 1.82) is 0 Å². The molecule has 0 spiro atoms. The van der Waals surface area contributed by atoms with Gasteiger partial charge in [-0.25, -0.2) is 0 Å². The Morgan fingerprint density at radius 1 is 1.58 bits per heavy atom. The fourth-order valence-corrected chi connectivity index (χ4v) is 1.56. The SMILES string of the molecule is CC(CS(C)=O)NC(=O)C(C)N. The minimum absolute atomic E-state index is 0.0747. The van der Waals surface area contributed by atoms with Crippen molar-refractivity contribution in [2.45, 2.75) is 25.9 Å². The molecule has 0 heterocycles. The fourth-order valence-electron chi connectivity index (χ4n) is 0.768. The Morgan fingerprint density at radius 3 is 2.42 bits per heavy atom. The van der Waals surface area contributed by atoms with Crippen molar-refractivity contribution >= 4 is 16.7 Å². The Balaban J connectivity index is 3.76. The van der Waals surface area contributed by atoms with Crippen molar-refractivity contribution in [3.8, 4) is 0 Å². The zero-order chi connectivity index (χ0) is 9.72. The first-order valence-electron chi connectivity index (χ1n) is 3.79. The molecule has 72 valence electrons. The Labute approximate surface area is 75.4 Å². The molecule has 0 aromatic rings. The molecule has 4 nitrogen and oxygen atoms in total. The van der Waals surface area contributed by atoms with Gasteiger partial charge in [-0.3, -0.25) is 9.00 Å². The van der Waals surface area contributed by atoms with E-state index in [1.807, 2.05) is 6.92 Å². The van der Waals surface area contributed by atoms with Gasteiger partial charge in [-0.15, -0.1) is 0 Å². The Bertz CT molecular complexity index is 182. The zero-order valence-electron chi connectivity index (χ0n) is 7.66. The molecule has 0 bridgehead atoms. The van der Waals surface area contributed by atoms with E-state index in [9.17, 15) is 9.00 Å². The van der Waals surface area contributed by atoms with E-state index in [-0.39, 0.29) is 11.9 Å². The molecule has 0 aliphatic carbocycles. The first kappa shape index (κ1) is 11.6. The molecule has 0 aromatic carbocycles. The summed E-state index contributed by atoms with van der Waals surface area (Å²) in [6.07, 6.45) is 1.61. The Morgan fingerprint density at radius 2 is 2.08 bits per heavy atom. The highest BCUT2D eigenvalue weighted by Crippen LogP contribution is 1.86. The summed E-state index contributed by atoms with van der Waals surface area (Å²) in [5.74, 6) is 0.270. The predicted octanol–water partition coefficient (Wildman–Crippen LogP) is -0.783. The molecule has 0 saturated heterocycles. The summed E-state index contributed by atoms with van der Waals surface area (Å²) >= 11 is 0. The molecule has 0 saturated carbocycles. The zero-order valence-corrected chi connectivity index (χ0v) is 8.48. The smallest absolute Gasteiger partial charge is 0.236 e. The predicted molar refractivity (Wildman–Crippen MR) is 50.2 cm³/mol. The minimum Gasteiger partial charge on any atom is -0.351 e. The molecular formula is C7H16N2O2S. The van der Waals surface area contributed by atoms with Crippen LogP contribution in [0, 0.1) is 0 Å². The monoisotopic (exact) mass is 192 g/mol. The maximum atomic E-state index is 11.0. The van der Waals surface area contributed by atoms with Gasteiger partial charge in [-0.1, -0.05) is 0 Å². The van der Waals surface area contributed by atoms with Gasteiger partial charge in [0, 0.05) is 28.9 Å². The number of nitrogens with two attached hydrogens (primary N) is 1. The van der Waals surface area contributed by atoms with E-state index in [2.05, 4.69) is 5.32 Å². The van der Waals surface area contributed by atoms with Crippen LogP contribution < -0.4 is 11.1 Å². The summed E-state index contributed by atoms with van der Waals surface area (Å²) in [5.41, 5.74) is 5.33. The highest BCUT2D eigenvalue weighted by molar-refractivity contribution is 7.84. The van der Waals surface area contributed by atoms with Crippen LogP contribution in [0.15, 0.2) is 0 Å². The van der Waals surface area contributed by atoms with Crippen molar-refractivity contribution in [2.24, 2.45) is 5.73 Å². The van der Waals surface area contributed by atoms with Crippen molar-refractivity contribution in [3.05, 3.63) is 0 Å². The van der Waals surface area contributed by atoms with E-state index in [0.717, 1.165) is 0 Å². The molecule has 3 atom stereocenters. The second-order valence-electron chi connectivity index (χ2n) is 2.94. The lowest BCUT2D eigenvalue weighted by molar-refractivity contribution is -0.122. The molecule has 0 aromatic heterocycles. The first-order chi connectivity index (χ1) is 5.43. The van der Waals surface area contributed by atoms with Crippen LogP contribution in [0.3, 0.4) is 0 Å². The number of hydrogen-bond donors (Lipinski definition) is 2. The van der Waals surface area contributed by atoms with Crippen LogP contribution in [0.2, 0.25) is 0 Å². The quantitative estimate of drug-likeness (QED) is 0.613. The van der Waals surface area contributed by atoms with E-state index in [4.69, 9.17) is 5.73 Å². The number of hydrogen-bond acceptors (Lipinski definition) is 3. The van der Waals surface area contributed by atoms with E-state index < -0.39 is 16.8 Å². The highest BCUT2D eigenvalue weighted by atomic mass is 32.2. The molecule has 0 radical (unpaired) electrons. The third kappa shape index (κ3) is 5.26. The third-order valence-corrected chi connectivity index (χ3v) is 2.26. The lowest BCUT2D eigenvalue weighted by atomic mass is 10.3. The van der Waals surface area contributed by atoms with Gasteiger partial charge in [0.25, 0.3) is 0 Å². The van der Waals surface area contributed by atoms with Gasteiger partial charge in [0.15, 0.2) is 0 Å². The molecule has 1 amide bonds. The Hall–Kier alpha value is -0.420. The molecule has 0 aliphatic heterocycles. The summed E-state index contributed by atoms with van der Waals surface area (Å²) in [6.45, 7) is 3.42. The first-order valence-corrected chi connectivity index (χ1v) is 5.52. The second-order valence-corrected chi connectivity index (χ2v) is 4.42. The van der Waals surface area contributed by atoms with Crippen molar-refractivity contribution < 1.29 is 9.00 Å². The maximum Gasteiger partial charge on any atom is 0.236 e. The topological polar surface area (TPSA) is 72.2 Å². The van der Waals surface area contributed by atoms with Gasteiger partial charge in [0.2, 0.25) is 5.91 Å². The van der Waals surface area contributed by atoms with Gasteiger partial charge in [-0.05, 0) is 13.8 Å². The summed E-state index contributed by atoms with van der Waals surface area (Å²) < 4.78 is 10.7. The van der Waals surface area contributed by atoms with Crippen LogP contribution in [-0.2, 0) is 15.6 Å². The third-order valence-electron chi connectivity index (χ3n) is 1.29. The summed E-state index contributed by atoms with van der Waals surface area (Å²) in [5, 5.41) is 2.65. The van der Waals surface area contributed by atoms with Crippen LogP contribution in [0.4, 0.5) is 0 Å². The van der Waals surface area contributed by atoms with Crippen LogP contribution >= 0.6 is 0 Å². The molecule has 3 unspecified atom stereocenters. The minimum atomic E-state index is -0.881. The fraction of sp³-hybridized carbons (Fsp3) is 0.857. The van der Waals surface area contributed by atoms with Gasteiger partial charge in [-0.2, -0.15) is 0 Å². The van der Waals surface area contributed by atoms with Crippen molar-refractivity contribution in [3.63, 3.8) is 0 Å². The molecular weight excluding hydrogens is 176 g/mol. The molecule has 5 heteroatoms. The standard InChI is InChI=1S/C7H16N2O2S/c1-5(4-12(3)11)9-7(10)6(2)8/h5-6H,4,8H2,1-3H3,(H,9,10). The van der Waals surface area contributed by atoms with Gasteiger partial charge < -0.3 is 11.1 Å². The number of carbonyl (C=O) groups is 1. The van der Waals surface area contributed by atoms with Crippen LogP contribution in [0.1, 0.15) is 13.8 Å². The Kier molecular flexibility index (Phi) is 5.08. The average Bonchev–Trinajstić information content (AvgIpc) is 1.84. The lowest BCUT2D eigenvalue weighted by Gasteiger charge is -2.13. The summed E-state index contributed by atoms with van der Waals surface area (Å²) in [4.78, 5) is 11.0. The van der Waals surface area contributed by atoms with Crippen molar-refractivity contribution in [2.75, 3.05) is 12.0 Å². The number of carbonyl (C=O) groups excluding carboxylic acids is 1. The molecule has 0 aliphatic rings. The largest absolute Gasteiger partial charge is 0.351 e. The van der Waals surface area contributed by atoms with Gasteiger partial charge in [0.05, 0.1) is 6.04 Å². The van der Waals surface area contributed by atoms with Gasteiger partial charge in [0.1, 0.15) is 0 Å². The molecule has 0 fully saturated rings. The van der Waals surface area contributed by atoms with Crippen LogP contribution in [0.5, 0.6) is 0 Å². The normalized spacial score (nSPS) is 18.0. The van der Waals surface area contributed by atoms with Crippen LogP contribution in [0.25, 0.3) is 0 Å². The molecule has 3 N–H and O–H groups in total. The van der Waals surface area contributed by atoms with Crippen molar-refractivity contribution in [1.82, 2.24) is 5.32 Å². The maximum absolute atomic E-state index is 11.0. The summed E-state index contributed by atoms with van der Waals surface area (Å²) in [7, 11) is -0.881. The number of amides is 1. The van der Waals surface area contributed by atoms with Crippen LogP contribution in [-0.4, -0.2) is 34.2 Å². The number of nitrogens with one attached hydrogen (secondary N) is 1. The van der Waals surface area contributed by atoms with Gasteiger partial charge >= 0.3 is 0 Å². The lowest BCUT2D eigenvalue weighted by Crippen LogP contribution is -2.44. The van der Waals surface area contributed by atoms with E-state index in [1.165, 1.54) is 0 Å². The molecule has 0 rings (SSSR count). The molecule has 12 heavy (non-hydrogen) atoms. The highest BCUT2D eigenvalue weighted by Gasteiger charge is 2.11. The van der Waals surface area contributed by atoms with E-state index in [1.54, 1.807) is 13.2 Å². The van der Waals surface area contributed by atoms with E-state index in [0.29, 0.717) is 5.75 Å². The second kappa shape index (κ2) is 5.27.